The van der Waals surface area contributed by atoms with E-state index in [-0.39, 0.29) is 5.91 Å². The number of benzene rings is 2. The molecule has 0 radical (unpaired) electrons. The Bertz CT molecular complexity index is 754. The van der Waals surface area contributed by atoms with Crippen LogP contribution in [0.5, 0.6) is 0 Å². The maximum Gasteiger partial charge on any atom is 0.255 e. The predicted octanol–water partition coefficient (Wildman–Crippen LogP) is 4.85. The number of carbonyl (C=O) groups excluding carboxylic acids is 1. The van der Waals surface area contributed by atoms with Crippen molar-refractivity contribution in [2.45, 2.75) is 51.3 Å². The normalized spacial score (nSPS) is 15.1. The molecule has 144 valence electrons. The molecule has 1 aliphatic carbocycles. The van der Waals surface area contributed by atoms with E-state index in [0.29, 0.717) is 18.2 Å². The quantitative estimate of drug-likeness (QED) is 0.762. The highest BCUT2D eigenvalue weighted by molar-refractivity contribution is 6.04. The average molecular weight is 367 g/mol. The first-order chi connectivity index (χ1) is 13.2. The van der Waals surface area contributed by atoms with Crippen LogP contribution in [0, 0.1) is 0 Å². The van der Waals surface area contributed by atoms with E-state index in [4.69, 9.17) is 4.74 Å². The van der Waals surface area contributed by atoms with Gasteiger partial charge in [0.1, 0.15) is 0 Å². The third kappa shape index (κ3) is 5.41. The maximum atomic E-state index is 12.7. The van der Waals surface area contributed by atoms with Crippen molar-refractivity contribution in [3.63, 3.8) is 0 Å². The second-order valence-corrected chi connectivity index (χ2v) is 7.45. The van der Waals surface area contributed by atoms with E-state index in [1.807, 2.05) is 42.5 Å². The van der Waals surface area contributed by atoms with Crippen LogP contribution in [0.4, 0.5) is 5.69 Å². The molecule has 0 saturated heterocycles. The van der Waals surface area contributed by atoms with E-state index in [0.717, 1.165) is 23.4 Å². The van der Waals surface area contributed by atoms with Crippen molar-refractivity contribution in [1.82, 2.24) is 4.90 Å². The molecule has 0 bridgehead atoms. The van der Waals surface area contributed by atoms with E-state index in [2.05, 4.69) is 23.3 Å². The van der Waals surface area contributed by atoms with Crippen LogP contribution in [0.25, 0.3) is 0 Å². The molecule has 1 fully saturated rings. The molecule has 2 aromatic rings. The number of para-hydroxylation sites is 1. The van der Waals surface area contributed by atoms with Gasteiger partial charge in [0.2, 0.25) is 0 Å². The van der Waals surface area contributed by atoms with Crippen LogP contribution in [0.1, 0.15) is 53.6 Å². The maximum absolute atomic E-state index is 12.7. The molecular formula is C23H30N2O2. The highest BCUT2D eigenvalue weighted by Gasteiger charge is 2.19. The van der Waals surface area contributed by atoms with Crippen molar-refractivity contribution >= 4 is 11.6 Å². The largest absolute Gasteiger partial charge is 0.380 e. The highest BCUT2D eigenvalue weighted by Crippen LogP contribution is 2.25. The van der Waals surface area contributed by atoms with Crippen molar-refractivity contribution in [1.29, 1.82) is 0 Å². The number of hydrogen-bond acceptors (Lipinski definition) is 3. The van der Waals surface area contributed by atoms with E-state index < -0.39 is 0 Å². The van der Waals surface area contributed by atoms with Gasteiger partial charge >= 0.3 is 0 Å². The third-order valence-corrected chi connectivity index (χ3v) is 5.38. The van der Waals surface area contributed by atoms with Crippen LogP contribution >= 0.6 is 0 Å². The van der Waals surface area contributed by atoms with Crippen LogP contribution in [-0.2, 0) is 17.9 Å². The minimum absolute atomic E-state index is 0.0827. The van der Waals surface area contributed by atoms with Crippen molar-refractivity contribution < 1.29 is 9.53 Å². The van der Waals surface area contributed by atoms with E-state index in [1.165, 1.54) is 32.1 Å². The third-order valence-electron chi connectivity index (χ3n) is 5.38. The first-order valence-corrected chi connectivity index (χ1v) is 9.85. The standard InChI is InChI=1S/C23H30N2O2/c1-25(21-12-4-3-5-13-21)16-20-10-6-7-14-22(20)24-23(26)19-11-8-9-18(15-19)17-27-2/h6-11,14-15,21H,3-5,12-13,16-17H2,1-2H3,(H,24,26). The summed E-state index contributed by atoms with van der Waals surface area (Å²) in [6.07, 6.45) is 6.56. The molecule has 0 heterocycles. The first-order valence-electron chi connectivity index (χ1n) is 9.85. The lowest BCUT2D eigenvalue weighted by Crippen LogP contribution is -2.33. The zero-order valence-corrected chi connectivity index (χ0v) is 16.4. The molecule has 0 aromatic heterocycles. The Hall–Kier alpha value is -2.17. The summed E-state index contributed by atoms with van der Waals surface area (Å²) < 4.78 is 5.16. The molecule has 0 aliphatic heterocycles. The van der Waals surface area contributed by atoms with Gasteiger partial charge in [0, 0.05) is 30.9 Å². The molecule has 1 amide bonds. The van der Waals surface area contributed by atoms with Crippen LogP contribution in [0.3, 0.4) is 0 Å². The van der Waals surface area contributed by atoms with Crippen LogP contribution < -0.4 is 5.32 Å². The second kappa shape index (κ2) is 9.67. The SMILES string of the molecule is COCc1cccc(C(=O)Nc2ccccc2CN(C)C2CCCCC2)c1. The van der Waals surface area contributed by atoms with Crippen molar-refractivity contribution in [3.05, 3.63) is 65.2 Å². The highest BCUT2D eigenvalue weighted by atomic mass is 16.5. The van der Waals surface area contributed by atoms with Gasteiger partial charge < -0.3 is 10.1 Å². The Labute approximate surface area is 162 Å². The fourth-order valence-electron chi connectivity index (χ4n) is 3.86. The van der Waals surface area contributed by atoms with Gasteiger partial charge in [-0.15, -0.1) is 0 Å². The first kappa shape index (κ1) is 19.6. The Morgan fingerprint density at radius 1 is 1.11 bits per heavy atom. The summed E-state index contributed by atoms with van der Waals surface area (Å²) in [7, 11) is 3.86. The van der Waals surface area contributed by atoms with Gasteiger partial charge in [-0.3, -0.25) is 9.69 Å². The number of amides is 1. The second-order valence-electron chi connectivity index (χ2n) is 7.45. The number of nitrogens with zero attached hydrogens (tertiary/aromatic N) is 1. The Balaban J connectivity index is 1.70. The van der Waals surface area contributed by atoms with Gasteiger partial charge in [-0.1, -0.05) is 49.6 Å². The molecule has 0 atom stereocenters. The minimum Gasteiger partial charge on any atom is -0.380 e. The number of ether oxygens (including phenoxy) is 1. The number of nitrogens with one attached hydrogen (secondary N) is 1. The van der Waals surface area contributed by atoms with Gasteiger partial charge in [-0.05, 0) is 49.2 Å². The lowest BCUT2D eigenvalue weighted by molar-refractivity contribution is 0.102. The van der Waals surface area contributed by atoms with Gasteiger partial charge in [-0.2, -0.15) is 0 Å². The number of methoxy groups -OCH3 is 1. The lowest BCUT2D eigenvalue weighted by atomic mass is 9.94. The fourth-order valence-corrected chi connectivity index (χ4v) is 3.86. The molecular weight excluding hydrogens is 336 g/mol. The zero-order valence-electron chi connectivity index (χ0n) is 16.4. The molecule has 2 aromatic carbocycles. The van der Waals surface area contributed by atoms with Crippen molar-refractivity contribution in [2.24, 2.45) is 0 Å². The van der Waals surface area contributed by atoms with Gasteiger partial charge in [-0.25, -0.2) is 0 Å². The number of anilines is 1. The Morgan fingerprint density at radius 3 is 2.67 bits per heavy atom. The van der Waals surface area contributed by atoms with Crippen LogP contribution in [0.15, 0.2) is 48.5 Å². The summed E-state index contributed by atoms with van der Waals surface area (Å²) in [5, 5.41) is 3.10. The van der Waals surface area contributed by atoms with Gasteiger partial charge in [0.05, 0.1) is 6.61 Å². The molecule has 0 spiro atoms. The van der Waals surface area contributed by atoms with Crippen molar-refractivity contribution in [3.8, 4) is 0 Å². The fraction of sp³-hybridized carbons (Fsp3) is 0.435. The zero-order chi connectivity index (χ0) is 19.1. The molecule has 0 unspecified atom stereocenters. The topological polar surface area (TPSA) is 41.6 Å². The summed E-state index contributed by atoms with van der Waals surface area (Å²) in [6, 6.07) is 16.3. The van der Waals surface area contributed by atoms with Gasteiger partial charge in [0.15, 0.2) is 0 Å². The lowest BCUT2D eigenvalue weighted by Gasteiger charge is -2.31. The number of hydrogen-bond donors (Lipinski definition) is 1. The molecule has 3 rings (SSSR count). The molecule has 1 saturated carbocycles. The summed E-state index contributed by atoms with van der Waals surface area (Å²) in [6.45, 7) is 1.36. The monoisotopic (exact) mass is 366 g/mol. The average Bonchev–Trinajstić information content (AvgIpc) is 2.70. The molecule has 1 aliphatic rings. The number of carbonyl (C=O) groups is 1. The molecule has 4 nitrogen and oxygen atoms in total. The van der Waals surface area contributed by atoms with Gasteiger partial charge in [0.25, 0.3) is 5.91 Å². The van der Waals surface area contributed by atoms with Crippen LogP contribution in [0.2, 0.25) is 0 Å². The molecule has 4 heteroatoms. The summed E-state index contributed by atoms with van der Waals surface area (Å²) >= 11 is 0. The van der Waals surface area contributed by atoms with E-state index in [9.17, 15) is 4.79 Å². The summed E-state index contributed by atoms with van der Waals surface area (Å²) in [5.74, 6) is -0.0827. The molecule has 1 N–H and O–H groups in total. The predicted molar refractivity (Wildman–Crippen MR) is 110 cm³/mol. The summed E-state index contributed by atoms with van der Waals surface area (Å²) in [5.41, 5.74) is 3.70. The minimum atomic E-state index is -0.0827. The molecule has 27 heavy (non-hydrogen) atoms. The van der Waals surface area contributed by atoms with E-state index >= 15 is 0 Å². The van der Waals surface area contributed by atoms with Crippen LogP contribution in [-0.4, -0.2) is 31.0 Å². The van der Waals surface area contributed by atoms with Crippen molar-refractivity contribution in [2.75, 3.05) is 19.5 Å². The summed E-state index contributed by atoms with van der Waals surface area (Å²) in [4.78, 5) is 15.2. The van der Waals surface area contributed by atoms with E-state index in [1.54, 1.807) is 7.11 Å². The smallest absolute Gasteiger partial charge is 0.255 e. The number of rotatable bonds is 7. The Kier molecular flexibility index (Phi) is 7.02. The Morgan fingerprint density at radius 2 is 1.89 bits per heavy atom.